The number of carboxylic acid groups (broad SMARTS) is 1. The Morgan fingerprint density at radius 2 is 2.38 bits per heavy atom. The lowest BCUT2D eigenvalue weighted by molar-refractivity contribution is -0.136. The second-order valence-electron chi connectivity index (χ2n) is 3.02. The SMILES string of the molecule is CCc1nn(C)cc1CCC(=O)O. The molecule has 1 heterocycles. The number of aryl methyl sites for hydroxylation is 3. The Balaban J connectivity index is 2.69. The molecule has 0 aromatic carbocycles. The molecule has 13 heavy (non-hydrogen) atoms. The lowest BCUT2D eigenvalue weighted by Crippen LogP contribution is -1.98. The first-order chi connectivity index (χ1) is 6.13. The number of aliphatic carboxylic acids is 1. The average Bonchev–Trinajstić information content (AvgIpc) is 2.42. The van der Waals surface area contributed by atoms with Gasteiger partial charge in [-0.2, -0.15) is 5.10 Å². The van der Waals surface area contributed by atoms with Crippen molar-refractivity contribution in [2.75, 3.05) is 0 Å². The third-order valence-corrected chi connectivity index (χ3v) is 1.93. The summed E-state index contributed by atoms with van der Waals surface area (Å²) in [6.45, 7) is 2.02. The summed E-state index contributed by atoms with van der Waals surface area (Å²) in [5.74, 6) is -0.758. The molecule has 0 atom stereocenters. The van der Waals surface area contributed by atoms with Crippen LogP contribution in [0.2, 0.25) is 0 Å². The molecule has 0 fully saturated rings. The summed E-state index contributed by atoms with van der Waals surface area (Å²) in [6.07, 6.45) is 3.50. The Bertz CT molecular complexity index is 305. The normalized spacial score (nSPS) is 10.3. The predicted octanol–water partition coefficient (Wildman–Crippen LogP) is 1.000. The highest BCUT2D eigenvalue weighted by molar-refractivity contribution is 5.67. The smallest absolute Gasteiger partial charge is 0.303 e. The van der Waals surface area contributed by atoms with Gasteiger partial charge in [0.05, 0.1) is 5.69 Å². The van der Waals surface area contributed by atoms with E-state index in [0.717, 1.165) is 17.7 Å². The molecule has 72 valence electrons. The van der Waals surface area contributed by atoms with Crippen molar-refractivity contribution >= 4 is 5.97 Å². The van der Waals surface area contributed by atoms with Crippen LogP contribution in [0.25, 0.3) is 0 Å². The van der Waals surface area contributed by atoms with Gasteiger partial charge in [-0.05, 0) is 18.4 Å². The largest absolute Gasteiger partial charge is 0.481 e. The first kappa shape index (κ1) is 9.77. The highest BCUT2D eigenvalue weighted by Crippen LogP contribution is 2.09. The van der Waals surface area contributed by atoms with Crippen LogP contribution in [-0.2, 0) is 24.7 Å². The Morgan fingerprint density at radius 3 is 2.92 bits per heavy atom. The van der Waals surface area contributed by atoms with Gasteiger partial charge in [0.1, 0.15) is 0 Å². The molecule has 0 aliphatic heterocycles. The van der Waals surface area contributed by atoms with Crippen molar-refractivity contribution in [3.63, 3.8) is 0 Å². The molecule has 0 bridgehead atoms. The van der Waals surface area contributed by atoms with Gasteiger partial charge in [-0.15, -0.1) is 0 Å². The quantitative estimate of drug-likeness (QED) is 0.755. The first-order valence-corrected chi connectivity index (χ1v) is 4.36. The predicted molar refractivity (Wildman–Crippen MR) is 48.5 cm³/mol. The van der Waals surface area contributed by atoms with E-state index in [4.69, 9.17) is 5.11 Å². The number of rotatable bonds is 4. The maximum atomic E-state index is 10.4. The van der Waals surface area contributed by atoms with Gasteiger partial charge in [0.15, 0.2) is 0 Å². The summed E-state index contributed by atoms with van der Waals surface area (Å²) in [6, 6.07) is 0. The van der Waals surface area contributed by atoms with Gasteiger partial charge in [0, 0.05) is 19.7 Å². The van der Waals surface area contributed by atoms with Crippen LogP contribution in [0.4, 0.5) is 0 Å². The van der Waals surface area contributed by atoms with Crippen molar-refractivity contribution in [1.82, 2.24) is 9.78 Å². The highest BCUT2D eigenvalue weighted by Gasteiger charge is 2.07. The van der Waals surface area contributed by atoms with Gasteiger partial charge in [-0.1, -0.05) is 6.92 Å². The molecule has 1 rings (SSSR count). The van der Waals surface area contributed by atoms with Crippen LogP contribution in [0.1, 0.15) is 24.6 Å². The number of hydrogen-bond donors (Lipinski definition) is 1. The molecule has 0 aliphatic carbocycles. The standard InChI is InChI=1S/C9H14N2O2/c1-3-8-7(4-5-9(12)13)6-11(2)10-8/h6H,3-5H2,1-2H3,(H,12,13). The average molecular weight is 182 g/mol. The van der Waals surface area contributed by atoms with E-state index in [-0.39, 0.29) is 6.42 Å². The maximum Gasteiger partial charge on any atom is 0.303 e. The van der Waals surface area contributed by atoms with Crippen LogP contribution in [0, 0.1) is 0 Å². The Labute approximate surface area is 77.2 Å². The number of hydrogen-bond acceptors (Lipinski definition) is 2. The van der Waals surface area contributed by atoms with Gasteiger partial charge in [-0.3, -0.25) is 9.48 Å². The molecule has 0 saturated carbocycles. The number of carboxylic acids is 1. The molecule has 1 N–H and O–H groups in total. The fourth-order valence-electron chi connectivity index (χ4n) is 1.33. The van der Waals surface area contributed by atoms with Crippen LogP contribution in [-0.4, -0.2) is 20.9 Å². The summed E-state index contributed by atoms with van der Waals surface area (Å²) >= 11 is 0. The summed E-state index contributed by atoms with van der Waals surface area (Å²) in [5.41, 5.74) is 2.05. The fraction of sp³-hybridized carbons (Fsp3) is 0.556. The van der Waals surface area contributed by atoms with Gasteiger partial charge >= 0.3 is 5.97 Å². The molecule has 4 heteroatoms. The van der Waals surface area contributed by atoms with E-state index in [2.05, 4.69) is 5.10 Å². The van der Waals surface area contributed by atoms with E-state index in [9.17, 15) is 4.79 Å². The van der Waals surface area contributed by atoms with E-state index in [1.54, 1.807) is 4.68 Å². The zero-order valence-corrected chi connectivity index (χ0v) is 7.95. The molecule has 1 aromatic heterocycles. The van der Waals surface area contributed by atoms with E-state index in [1.165, 1.54) is 0 Å². The van der Waals surface area contributed by atoms with E-state index < -0.39 is 5.97 Å². The summed E-state index contributed by atoms with van der Waals surface area (Å²) in [5, 5.41) is 12.7. The van der Waals surface area contributed by atoms with Crippen molar-refractivity contribution in [2.24, 2.45) is 7.05 Å². The van der Waals surface area contributed by atoms with Crippen molar-refractivity contribution < 1.29 is 9.90 Å². The van der Waals surface area contributed by atoms with Crippen molar-refractivity contribution in [2.45, 2.75) is 26.2 Å². The van der Waals surface area contributed by atoms with Gasteiger partial charge < -0.3 is 5.11 Å². The summed E-state index contributed by atoms with van der Waals surface area (Å²) in [4.78, 5) is 10.4. The monoisotopic (exact) mass is 182 g/mol. The lowest BCUT2D eigenvalue weighted by atomic mass is 10.1. The van der Waals surface area contributed by atoms with Gasteiger partial charge in [0.25, 0.3) is 0 Å². The maximum absolute atomic E-state index is 10.4. The minimum absolute atomic E-state index is 0.179. The molecule has 0 aliphatic rings. The zero-order valence-electron chi connectivity index (χ0n) is 7.95. The topological polar surface area (TPSA) is 55.1 Å². The fourth-order valence-corrected chi connectivity index (χ4v) is 1.33. The number of carbonyl (C=O) groups is 1. The molecule has 0 saturated heterocycles. The second kappa shape index (κ2) is 4.07. The van der Waals surface area contributed by atoms with Crippen LogP contribution >= 0.6 is 0 Å². The molecular weight excluding hydrogens is 168 g/mol. The molecule has 0 unspecified atom stereocenters. The minimum Gasteiger partial charge on any atom is -0.481 e. The van der Waals surface area contributed by atoms with Crippen LogP contribution < -0.4 is 0 Å². The van der Waals surface area contributed by atoms with E-state index >= 15 is 0 Å². The summed E-state index contributed by atoms with van der Waals surface area (Å²) in [7, 11) is 1.85. The molecule has 0 spiro atoms. The van der Waals surface area contributed by atoms with Crippen molar-refractivity contribution in [3.05, 3.63) is 17.5 Å². The Morgan fingerprint density at radius 1 is 1.69 bits per heavy atom. The van der Waals surface area contributed by atoms with E-state index in [1.807, 2.05) is 20.2 Å². The third-order valence-electron chi connectivity index (χ3n) is 1.93. The number of aromatic nitrogens is 2. The van der Waals surface area contributed by atoms with Gasteiger partial charge in [-0.25, -0.2) is 0 Å². The Hall–Kier alpha value is -1.32. The minimum atomic E-state index is -0.758. The van der Waals surface area contributed by atoms with Crippen molar-refractivity contribution in [3.8, 4) is 0 Å². The third kappa shape index (κ3) is 2.57. The molecular formula is C9H14N2O2. The van der Waals surface area contributed by atoms with Crippen LogP contribution in [0.15, 0.2) is 6.20 Å². The van der Waals surface area contributed by atoms with Gasteiger partial charge in [0.2, 0.25) is 0 Å². The Kier molecular flexibility index (Phi) is 3.06. The van der Waals surface area contributed by atoms with E-state index in [0.29, 0.717) is 6.42 Å². The highest BCUT2D eigenvalue weighted by atomic mass is 16.4. The second-order valence-corrected chi connectivity index (χ2v) is 3.02. The van der Waals surface area contributed by atoms with Crippen LogP contribution in [0.5, 0.6) is 0 Å². The van der Waals surface area contributed by atoms with Crippen molar-refractivity contribution in [1.29, 1.82) is 0 Å². The molecule has 4 nitrogen and oxygen atoms in total. The zero-order chi connectivity index (χ0) is 9.84. The molecule has 0 radical (unpaired) electrons. The van der Waals surface area contributed by atoms with Crippen LogP contribution in [0.3, 0.4) is 0 Å². The first-order valence-electron chi connectivity index (χ1n) is 4.36. The molecule has 0 amide bonds. The lowest BCUT2D eigenvalue weighted by Gasteiger charge is -1.95. The molecule has 1 aromatic rings. The summed E-state index contributed by atoms with van der Waals surface area (Å²) < 4.78 is 1.73. The number of nitrogens with zero attached hydrogens (tertiary/aromatic N) is 2.